The molecule has 0 atom stereocenters. The molecule has 1 aromatic rings. The molecular weight excluding hydrogens is 152 g/mol. The highest BCUT2D eigenvalue weighted by molar-refractivity contribution is 5.62. The van der Waals surface area contributed by atoms with Crippen LogP contribution in [-0.4, -0.2) is 9.97 Å². The summed E-state index contributed by atoms with van der Waals surface area (Å²) in [5, 5.41) is 8.64. The first-order valence-corrected chi connectivity index (χ1v) is 3.33. The molecule has 4 heteroatoms. The zero-order valence-corrected chi connectivity index (χ0v) is 6.70. The molecule has 0 amide bonds. The predicted octanol–water partition coefficient (Wildman–Crippen LogP) is 0.964. The van der Waals surface area contributed by atoms with E-state index in [2.05, 4.69) is 16.5 Å². The van der Waals surface area contributed by atoms with Crippen molar-refractivity contribution in [1.29, 1.82) is 5.26 Å². The van der Waals surface area contributed by atoms with Crippen LogP contribution in [0.1, 0.15) is 18.3 Å². The molecule has 0 aromatic carbocycles. The molecule has 0 saturated carbocycles. The first kappa shape index (κ1) is 8.21. The Bertz CT molecular complexity index is 362. The SMILES string of the molecule is C=C(C)c1ncc(N)nc1C#N. The van der Waals surface area contributed by atoms with E-state index in [0.29, 0.717) is 11.3 Å². The second kappa shape index (κ2) is 3.01. The second-order valence-electron chi connectivity index (χ2n) is 2.38. The molecule has 0 aliphatic heterocycles. The molecule has 0 bridgehead atoms. The van der Waals surface area contributed by atoms with Gasteiger partial charge < -0.3 is 5.73 Å². The Hall–Kier alpha value is -1.89. The van der Waals surface area contributed by atoms with Gasteiger partial charge >= 0.3 is 0 Å². The quantitative estimate of drug-likeness (QED) is 0.664. The third kappa shape index (κ3) is 1.40. The van der Waals surface area contributed by atoms with Crippen LogP contribution in [0.4, 0.5) is 5.82 Å². The van der Waals surface area contributed by atoms with E-state index >= 15 is 0 Å². The third-order valence-corrected chi connectivity index (χ3v) is 1.30. The molecular formula is C8H8N4. The lowest BCUT2D eigenvalue weighted by Gasteiger charge is -2.00. The summed E-state index contributed by atoms with van der Waals surface area (Å²) in [6.07, 6.45) is 1.41. The number of anilines is 1. The molecule has 1 aromatic heterocycles. The highest BCUT2D eigenvalue weighted by atomic mass is 14.9. The Morgan fingerprint density at radius 3 is 2.92 bits per heavy atom. The average molecular weight is 160 g/mol. The van der Waals surface area contributed by atoms with Gasteiger partial charge in [0, 0.05) is 0 Å². The van der Waals surface area contributed by atoms with E-state index in [1.807, 2.05) is 6.07 Å². The Labute approximate surface area is 70.4 Å². The number of nitrogens with zero attached hydrogens (tertiary/aromatic N) is 3. The number of aromatic nitrogens is 2. The largest absolute Gasteiger partial charge is 0.382 e. The summed E-state index contributed by atoms with van der Waals surface area (Å²) in [6, 6.07) is 1.90. The lowest BCUT2D eigenvalue weighted by atomic mass is 10.2. The van der Waals surface area contributed by atoms with Crippen LogP contribution < -0.4 is 5.73 Å². The first-order chi connectivity index (χ1) is 5.65. The van der Waals surface area contributed by atoms with E-state index in [9.17, 15) is 0 Å². The van der Waals surface area contributed by atoms with E-state index in [4.69, 9.17) is 11.0 Å². The van der Waals surface area contributed by atoms with E-state index in [-0.39, 0.29) is 11.5 Å². The average Bonchev–Trinajstić information content (AvgIpc) is 2.03. The minimum absolute atomic E-state index is 0.225. The van der Waals surface area contributed by atoms with E-state index < -0.39 is 0 Å². The molecule has 0 aliphatic rings. The molecule has 0 unspecified atom stereocenters. The monoisotopic (exact) mass is 160 g/mol. The van der Waals surface area contributed by atoms with Gasteiger partial charge in [-0.2, -0.15) is 5.26 Å². The lowest BCUT2D eigenvalue weighted by molar-refractivity contribution is 1.14. The summed E-state index contributed by atoms with van der Waals surface area (Å²) in [5.74, 6) is 0.247. The number of hydrogen-bond donors (Lipinski definition) is 1. The maximum atomic E-state index is 8.64. The summed E-state index contributed by atoms with van der Waals surface area (Å²) < 4.78 is 0. The van der Waals surface area contributed by atoms with Crippen LogP contribution in [0.15, 0.2) is 12.8 Å². The fourth-order valence-electron chi connectivity index (χ4n) is 0.793. The van der Waals surface area contributed by atoms with Gasteiger partial charge in [0.15, 0.2) is 5.69 Å². The van der Waals surface area contributed by atoms with Gasteiger partial charge in [0.05, 0.1) is 6.20 Å². The van der Waals surface area contributed by atoms with Gasteiger partial charge in [-0.1, -0.05) is 6.58 Å². The normalized spacial score (nSPS) is 9.00. The topological polar surface area (TPSA) is 75.6 Å². The van der Waals surface area contributed by atoms with Gasteiger partial charge in [-0.15, -0.1) is 0 Å². The van der Waals surface area contributed by atoms with Gasteiger partial charge in [0.2, 0.25) is 0 Å². The van der Waals surface area contributed by atoms with Crippen LogP contribution in [0.25, 0.3) is 5.57 Å². The molecule has 4 nitrogen and oxygen atoms in total. The van der Waals surface area contributed by atoms with Gasteiger partial charge in [-0.3, -0.25) is 0 Å². The van der Waals surface area contributed by atoms with Gasteiger partial charge in [0.25, 0.3) is 0 Å². The van der Waals surface area contributed by atoms with Crippen molar-refractivity contribution in [3.05, 3.63) is 24.2 Å². The fraction of sp³-hybridized carbons (Fsp3) is 0.125. The third-order valence-electron chi connectivity index (χ3n) is 1.30. The van der Waals surface area contributed by atoms with Gasteiger partial charge in [0.1, 0.15) is 17.6 Å². The highest BCUT2D eigenvalue weighted by Gasteiger charge is 2.05. The number of hydrogen-bond acceptors (Lipinski definition) is 4. The van der Waals surface area contributed by atoms with Crippen molar-refractivity contribution in [3.63, 3.8) is 0 Å². The summed E-state index contributed by atoms with van der Waals surface area (Å²) in [6.45, 7) is 5.43. The molecule has 12 heavy (non-hydrogen) atoms. The molecule has 0 aliphatic carbocycles. The summed E-state index contributed by atoms with van der Waals surface area (Å²) >= 11 is 0. The zero-order chi connectivity index (χ0) is 9.14. The Kier molecular flexibility index (Phi) is 2.06. The van der Waals surface area contributed by atoms with Crippen molar-refractivity contribution in [2.24, 2.45) is 0 Å². The molecule has 0 radical (unpaired) electrons. The predicted molar refractivity (Wildman–Crippen MR) is 45.9 cm³/mol. The number of nitrogen functional groups attached to an aromatic ring is 1. The van der Waals surface area contributed by atoms with E-state index in [1.165, 1.54) is 6.20 Å². The van der Waals surface area contributed by atoms with Crippen LogP contribution in [0.5, 0.6) is 0 Å². The van der Waals surface area contributed by atoms with Crippen molar-refractivity contribution in [2.45, 2.75) is 6.92 Å². The fourth-order valence-corrected chi connectivity index (χ4v) is 0.793. The zero-order valence-electron chi connectivity index (χ0n) is 6.70. The molecule has 2 N–H and O–H groups in total. The summed E-state index contributed by atoms with van der Waals surface area (Å²) in [5.41, 5.74) is 6.79. The van der Waals surface area contributed by atoms with Crippen LogP contribution in [0.3, 0.4) is 0 Å². The smallest absolute Gasteiger partial charge is 0.168 e. The van der Waals surface area contributed by atoms with Crippen molar-refractivity contribution >= 4 is 11.4 Å². The van der Waals surface area contributed by atoms with Gasteiger partial charge in [-0.25, -0.2) is 9.97 Å². The number of allylic oxidation sites excluding steroid dienone is 1. The molecule has 0 fully saturated rings. The highest BCUT2D eigenvalue weighted by Crippen LogP contribution is 2.12. The minimum Gasteiger partial charge on any atom is -0.382 e. The van der Waals surface area contributed by atoms with E-state index in [0.717, 1.165) is 0 Å². The van der Waals surface area contributed by atoms with Crippen LogP contribution in [0.2, 0.25) is 0 Å². The maximum absolute atomic E-state index is 8.64. The Morgan fingerprint density at radius 2 is 2.42 bits per heavy atom. The van der Waals surface area contributed by atoms with E-state index in [1.54, 1.807) is 6.92 Å². The number of nitriles is 1. The Morgan fingerprint density at radius 1 is 1.75 bits per heavy atom. The van der Waals surface area contributed by atoms with Crippen LogP contribution in [0, 0.1) is 11.3 Å². The standard InChI is InChI=1S/C8H8N4/c1-5(2)8-6(3-9)12-7(10)4-11-8/h4H,1H2,2H3,(H2,10,12). The summed E-state index contributed by atoms with van der Waals surface area (Å²) in [7, 11) is 0. The maximum Gasteiger partial charge on any atom is 0.168 e. The van der Waals surface area contributed by atoms with Crippen molar-refractivity contribution in [3.8, 4) is 6.07 Å². The number of rotatable bonds is 1. The first-order valence-electron chi connectivity index (χ1n) is 3.33. The molecule has 1 rings (SSSR count). The minimum atomic E-state index is 0.225. The van der Waals surface area contributed by atoms with Gasteiger partial charge in [-0.05, 0) is 12.5 Å². The summed E-state index contributed by atoms with van der Waals surface area (Å²) in [4.78, 5) is 7.75. The number of nitrogens with two attached hydrogens (primary N) is 1. The molecule has 60 valence electrons. The lowest BCUT2D eigenvalue weighted by Crippen LogP contribution is -1.99. The molecule has 1 heterocycles. The molecule has 0 spiro atoms. The van der Waals surface area contributed by atoms with Crippen molar-refractivity contribution < 1.29 is 0 Å². The molecule has 0 saturated heterocycles. The second-order valence-corrected chi connectivity index (χ2v) is 2.38. The van der Waals surface area contributed by atoms with Crippen molar-refractivity contribution in [1.82, 2.24) is 9.97 Å². The van der Waals surface area contributed by atoms with Crippen LogP contribution in [-0.2, 0) is 0 Å². The van der Waals surface area contributed by atoms with Crippen molar-refractivity contribution in [2.75, 3.05) is 5.73 Å². The Balaban J connectivity index is 3.32. The van der Waals surface area contributed by atoms with Crippen LogP contribution >= 0.6 is 0 Å².